The van der Waals surface area contributed by atoms with Crippen LogP contribution in [0.4, 0.5) is 24.5 Å². The number of nitrogens with two attached hydrogens (primary N) is 1. The van der Waals surface area contributed by atoms with Crippen LogP contribution in [-0.4, -0.2) is 31.3 Å². The molecule has 0 amide bonds. The van der Waals surface area contributed by atoms with Crippen molar-refractivity contribution in [1.29, 1.82) is 0 Å². The smallest absolute Gasteiger partial charge is 0.405 e. The molecule has 0 radical (unpaired) electrons. The number of hydrogen-bond donors (Lipinski definition) is 1. The van der Waals surface area contributed by atoms with Crippen LogP contribution >= 0.6 is 0 Å². The molecule has 0 unspecified atom stereocenters. The number of nitrogens with zero attached hydrogens (tertiary/aromatic N) is 1. The Balaban J connectivity index is 2.29. The number of ether oxygens (including phenoxy) is 1. The third-order valence-electron chi connectivity index (χ3n) is 3.20. The van der Waals surface area contributed by atoms with E-state index in [1.54, 1.807) is 6.92 Å². The highest BCUT2D eigenvalue weighted by atomic mass is 19.4. The summed E-state index contributed by atoms with van der Waals surface area (Å²) in [5.41, 5.74) is 6.33. The normalized spacial score (nSPS) is 14.9. The summed E-state index contributed by atoms with van der Waals surface area (Å²) >= 11 is 0. The molecule has 1 saturated carbocycles. The Hall–Kier alpha value is -1.92. The maximum atomic E-state index is 12.7. The van der Waals surface area contributed by atoms with E-state index in [4.69, 9.17) is 10.5 Å². The Bertz CT molecular complexity index is 527. The first kappa shape index (κ1) is 15.5. The van der Waals surface area contributed by atoms with Crippen molar-refractivity contribution in [3.8, 4) is 0 Å². The highest BCUT2D eigenvalue weighted by molar-refractivity contribution is 5.96. The van der Waals surface area contributed by atoms with Gasteiger partial charge in [0, 0.05) is 17.4 Å². The van der Waals surface area contributed by atoms with Gasteiger partial charge in [-0.3, -0.25) is 0 Å². The summed E-state index contributed by atoms with van der Waals surface area (Å²) < 4.78 is 42.9. The second-order valence-corrected chi connectivity index (χ2v) is 4.97. The van der Waals surface area contributed by atoms with Gasteiger partial charge in [-0.25, -0.2) is 4.79 Å². The van der Waals surface area contributed by atoms with Crippen molar-refractivity contribution < 1.29 is 22.7 Å². The molecule has 2 N–H and O–H groups in total. The highest BCUT2D eigenvalue weighted by Gasteiger charge is 2.38. The van der Waals surface area contributed by atoms with Crippen LogP contribution in [0.25, 0.3) is 0 Å². The molecule has 1 aromatic carbocycles. The van der Waals surface area contributed by atoms with Crippen molar-refractivity contribution in [2.45, 2.75) is 32.0 Å². The number of esters is 1. The van der Waals surface area contributed by atoms with Crippen molar-refractivity contribution in [1.82, 2.24) is 0 Å². The molecule has 0 aliphatic heterocycles. The van der Waals surface area contributed by atoms with E-state index in [2.05, 4.69) is 0 Å². The van der Waals surface area contributed by atoms with Crippen LogP contribution in [0.5, 0.6) is 0 Å². The Morgan fingerprint density at radius 3 is 2.62 bits per heavy atom. The quantitative estimate of drug-likeness (QED) is 0.671. The lowest BCUT2D eigenvalue weighted by Gasteiger charge is -2.26. The predicted octanol–water partition coefficient (Wildman–Crippen LogP) is 2.98. The van der Waals surface area contributed by atoms with E-state index in [1.165, 1.54) is 23.1 Å². The van der Waals surface area contributed by atoms with Gasteiger partial charge in [-0.15, -0.1) is 0 Å². The second-order valence-electron chi connectivity index (χ2n) is 4.97. The largest absolute Gasteiger partial charge is 0.462 e. The van der Waals surface area contributed by atoms with E-state index in [0.29, 0.717) is 5.69 Å². The van der Waals surface area contributed by atoms with Gasteiger partial charge in [0.2, 0.25) is 0 Å². The number of halogens is 3. The maximum Gasteiger partial charge on any atom is 0.405 e. The summed E-state index contributed by atoms with van der Waals surface area (Å²) in [4.78, 5) is 13.0. The molecule has 21 heavy (non-hydrogen) atoms. The van der Waals surface area contributed by atoms with Crippen molar-refractivity contribution in [3.05, 3.63) is 23.8 Å². The molecule has 0 aromatic heterocycles. The zero-order valence-electron chi connectivity index (χ0n) is 11.6. The molecule has 1 aliphatic carbocycles. The molecule has 1 aliphatic rings. The number of alkyl halides is 3. The summed E-state index contributed by atoms with van der Waals surface area (Å²) in [5.74, 6) is -0.625. The zero-order valence-corrected chi connectivity index (χ0v) is 11.6. The van der Waals surface area contributed by atoms with Crippen LogP contribution in [0.1, 0.15) is 30.1 Å². The van der Waals surface area contributed by atoms with E-state index < -0.39 is 18.7 Å². The summed E-state index contributed by atoms with van der Waals surface area (Å²) in [7, 11) is 0. The topological polar surface area (TPSA) is 55.6 Å². The lowest BCUT2D eigenvalue weighted by atomic mass is 10.1. The minimum Gasteiger partial charge on any atom is -0.462 e. The third kappa shape index (κ3) is 4.03. The van der Waals surface area contributed by atoms with Gasteiger partial charge in [0.25, 0.3) is 0 Å². The first-order chi connectivity index (χ1) is 9.81. The van der Waals surface area contributed by atoms with Gasteiger partial charge in [-0.05, 0) is 38.0 Å². The highest BCUT2D eigenvalue weighted by Crippen LogP contribution is 2.35. The SMILES string of the molecule is CCOC(=O)c1cc(N(CC(F)(F)F)C2CC2)ccc1N. The van der Waals surface area contributed by atoms with Crippen LogP contribution in [0.2, 0.25) is 0 Å². The van der Waals surface area contributed by atoms with E-state index in [-0.39, 0.29) is 23.9 Å². The number of carbonyl (C=O) groups is 1. The Kier molecular flexibility index (Phi) is 4.29. The second kappa shape index (κ2) is 5.83. The van der Waals surface area contributed by atoms with Crippen molar-refractivity contribution in [2.24, 2.45) is 0 Å². The van der Waals surface area contributed by atoms with Crippen LogP contribution in [0.3, 0.4) is 0 Å². The lowest BCUT2D eigenvalue weighted by molar-refractivity contribution is -0.120. The fourth-order valence-electron chi connectivity index (χ4n) is 2.12. The van der Waals surface area contributed by atoms with Gasteiger partial charge >= 0.3 is 12.1 Å². The number of nitrogen functional groups attached to an aromatic ring is 1. The first-order valence-electron chi connectivity index (χ1n) is 6.72. The number of rotatable bonds is 5. The van der Waals surface area contributed by atoms with Crippen molar-refractivity contribution >= 4 is 17.3 Å². The molecule has 2 rings (SSSR count). The van der Waals surface area contributed by atoms with E-state index in [0.717, 1.165) is 12.8 Å². The summed E-state index contributed by atoms with van der Waals surface area (Å²) in [5, 5.41) is 0. The predicted molar refractivity (Wildman–Crippen MR) is 73.2 cm³/mol. The first-order valence-corrected chi connectivity index (χ1v) is 6.72. The number of carbonyl (C=O) groups excluding carboxylic acids is 1. The van der Waals surface area contributed by atoms with Gasteiger partial charge in [-0.2, -0.15) is 13.2 Å². The van der Waals surface area contributed by atoms with Gasteiger partial charge in [-0.1, -0.05) is 0 Å². The fraction of sp³-hybridized carbons (Fsp3) is 0.500. The minimum atomic E-state index is -4.30. The van der Waals surface area contributed by atoms with Gasteiger partial charge in [0.15, 0.2) is 0 Å². The third-order valence-corrected chi connectivity index (χ3v) is 3.20. The van der Waals surface area contributed by atoms with E-state index in [9.17, 15) is 18.0 Å². The molecular weight excluding hydrogens is 285 g/mol. The molecule has 1 fully saturated rings. The van der Waals surface area contributed by atoms with E-state index in [1.807, 2.05) is 0 Å². The Morgan fingerprint density at radius 2 is 2.10 bits per heavy atom. The molecule has 0 bridgehead atoms. The maximum absolute atomic E-state index is 12.7. The van der Waals surface area contributed by atoms with Gasteiger partial charge in [0.05, 0.1) is 12.2 Å². The standard InChI is InChI=1S/C14H17F3N2O2/c1-2-21-13(20)11-7-10(5-6-12(11)18)19(9-3-4-9)8-14(15,16)17/h5-7,9H,2-4,8,18H2,1H3. The molecular formula is C14H17F3N2O2. The van der Waals surface area contributed by atoms with Gasteiger partial charge in [0.1, 0.15) is 6.54 Å². The number of anilines is 2. The van der Waals surface area contributed by atoms with Gasteiger partial charge < -0.3 is 15.4 Å². The summed E-state index contributed by atoms with van der Waals surface area (Å²) in [6.45, 7) is 0.791. The van der Waals surface area contributed by atoms with Crippen LogP contribution < -0.4 is 10.6 Å². The summed E-state index contributed by atoms with van der Waals surface area (Å²) in [6.07, 6.45) is -2.86. The molecule has 116 valence electrons. The average molecular weight is 302 g/mol. The molecule has 0 spiro atoms. The molecule has 1 aromatic rings. The number of benzene rings is 1. The Labute approximate surface area is 120 Å². The van der Waals surface area contributed by atoms with Crippen LogP contribution in [0.15, 0.2) is 18.2 Å². The molecule has 4 nitrogen and oxygen atoms in total. The molecule has 0 atom stereocenters. The fourth-order valence-corrected chi connectivity index (χ4v) is 2.12. The molecule has 0 heterocycles. The average Bonchev–Trinajstić information content (AvgIpc) is 3.20. The molecule has 0 saturated heterocycles. The minimum absolute atomic E-state index is 0.0992. The van der Waals surface area contributed by atoms with Crippen LogP contribution in [-0.2, 0) is 4.74 Å². The number of hydrogen-bond acceptors (Lipinski definition) is 4. The lowest BCUT2D eigenvalue weighted by Crippen LogP contribution is -2.36. The summed E-state index contributed by atoms with van der Waals surface area (Å²) in [6, 6.07) is 4.18. The molecule has 7 heteroatoms. The van der Waals surface area contributed by atoms with Crippen molar-refractivity contribution in [2.75, 3.05) is 23.8 Å². The Morgan fingerprint density at radius 1 is 1.43 bits per heavy atom. The zero-order chi connectivity index (χ0) is 15.6. The van der Waals surface area contributed by atoms with Crippen LogP contribution in [0, 0.1) is 0 Å². The van der Waals surface area contributed by atoms with E-state index >= 15 is 0 Å². The van der Waals surface area contributed by atoms with Crippen molar-refractivity contribution in [3.63, 3.8) is 0 Å². The monoisotopic (exact) mass is 302 g/mol.